The van der Waals surface area contributed by atoms with Crippen LogP contribution in [-0.4, -0.2) is 18.4 Å². The van der Waals surface area contributed by atoms with Crippen LogP contribution in [0.3, 0.4) is 0 Å². The van der Waals surface area contributed by atoms with Crippen LogP contribution in [0.2, 0.25) is 0 Å². The minimum atomic E-state index is -3.13. The van der Waals surface area contributed by atoms with E-state index < -0.39 is 24.8 Å². The van der Waals surface area contributed by atoms with Crippen LogP contribution < -0.4 is 0 Å². The van der Waals surface area contributed by atoms with Crippen molar-refractivity contribution in [1.82, 2.24) is 0 Å². The molecule has 0 radical (unpaired) electrons. The van der Waals surface area contributed by atoms with Crippen molar-refractivity contribution in [3.8, 4) is 0 Å². The topological polar surface area (TPSA) is 43.4 Å². The largest absolute Gasteiger partial charge is 0.403 e. The smallest absolute Gasteiger partial charge is 0.389 e. The molecule has 5 heteroatoms. The lowest BCUT2D eigenvalue weighted by Gasteiger charge is -1.98. The molecule has 0 amide bonds. The van der Waals surface area contributed by atoms with Gasteiger partial charge in [-0.3, -0.25) is 9.59 Å². The molecule has 0 saturated heterocycles. The van der Waals surface area contributed by atoms with Gasteiger partial charge < -0.3 is 4.74 Å². The molecule has 0 N–H and O–H groups in total. The molecule has 0 aliphatic rings. The summed E-state index contributed by atoms with van der Waals surface area (Å²) in [6.45, 7) is -2.01. The summed E-state index contributed by atoms with van der Waals surface area (Å²) in [6.07, 6.45) is -0.593. The number of hydrogen-bond donors (Lipinski definition) is 0. The maximum absolute atomic E-state index is 11.2. The molecule has 0 unspecified atom stereocenters. The van der Waals surface area contributed by atoms with Crippen LogP contribution in [0.5, 0.6) is 0 Å². The normalized spacial score (nSPS) is 9.60. The fourth-order valence-corrected chi connectivity index (χ4v) is 0.344. The van der Waals surface area contributed by atoms with Gasteiger partial charge in [0.2, 0.25) is 0 Å². The quantitative estimate of drug-likeness (QED) is 0.442. The molecule has 0 heterocycles. The first-order chi connectivity index (χ1) is 4.52. The fourth-order valence-electron chi connectivity index (χ4n) is 0.344. The molecular formula is C5H6F2O3. The third-order valence-electron chi connectivity index (χ3n) is 0.614. The zero-order valence-electron chi connectivity index (χ0n) is 5.27. The highest BCUT2D eigenvalue weighted by Crippen LogP contribution is 1.97. The Labute approximate surface area is 56.0 Å². The summed E-state index contributed by atoms with van der Waals surface area (Å²) in [5, 5.41) is 0. The van der Waals surface area contributed by atoms with E-state index in [1.807, 2.05) is 0 Å². The molecule has 0 aliphatic carbocycles. The van der Waals surface area contributed by atoms with Gasteiger partial charge in [0.25, 0.3) is 0 Å². The van der Waals surface area contributed by atoms with Gasteiger partial charge in [0.1, 0.15) is 12.2 Å². The van der Waals surface area contributed by atoms with Crippen molar-refractivity contribution in [1.29, 1.82) is 0 Å². The molecule has 0 saturated carbocycles. The minimum Gasteiger partial charge on any atom is -0.403 e. The first kappa shape index (κ1) is 9.00. The van der Waals surface area contributed by atoms with E-state index in [0.29, 0.717) is 0 Å². The number of rotatable bonds is 3. The highest BCUT2D eigenvalue weighted by atomic mass is 19.3. The van der Waals surface area contributed by atoms with E-state index in [4.69, 9.17) is 0 Å². The van der Waals surface area contributed by atoms with Gasteiger partial charge in [-0.2, -0.15) is 8.78 Å². The van der Waals surface area contributed by atoms with Gasteiger partial charge in [0.15, 0.2) is 0 Å². The Hall–Kier alpha value is -1.00. The number of carbonyl (C=O) groups excluding carboxylic acids is 2. The maximum Gasteiger partial charge on any atom is 0.389 e. The lowest BCUT2D eigenvalue weighted by Crippen LogP contribution is -2.12. The molecule has 3 nitrogen and oxygen atoms in total. The monoisotopic (exact) mass is 152 g/mol. The molecule has 0 bridgehead atoms. The Kier molecular flexibility index (Phi) is 3.53. The Bertz CT molecular complexity index is 144. The fraction of sp³-hybridized carbons (Fsp3) is 0.600. The zero-order chi connectivity index (χ0) is 8.15. The third kappa shape index (κ3) is 5.14. The standard InChI is InChI=1S/C5H6F2O3/c1-3(8)2-4(9)10-5(6)7/h5H,2H2,1H3. The molecule has 0 spiro atoms. The van der Waals surface area contributed by atoms with Gasteiger partial charge >= 0.3 is 12.6 Å². The number of ether oxygens (including phenoxy) is 1. The summed E-state index contributed by atoms with van der Waals surface area (Å²) >= 11 is 0. The number of halogens is 2. The van der Waals surface area contributed by atoms with Crippen LogP contribution >= 0.6 is 0 Å². The summed E-state index contributed by atoms with van der Waals surface area (Å²) in [5.41, 5.74) is 0. The van der Waals surface area contributed by atoms with Gasteiger partial charge in [-0.15, -0.1) is 0 Å². The van der Waals surface area contributed by atoms with Crippen molar-refractivity contribution in [3.05, 3.63) is 0 Å². The molecule has 0 fully saturated rings. The Morgan fingerprint density at radius 1 is 1.50 bits per heavy atom. The SMILES string of the molecule is CC(=O)CC(=O)OC(F)F. The summed E-state index contributed by atoms with van der Waals surface area (Å²) in [7, 11) is 0. The maximum atomic E-state index is 11.2. The van der Waals surface area contributed by atoms with Crippen LogP contribution in [0.15, 0.2) is 0 Å². The van der Waals surface area contributed by atoms with Crippen molar-refractivity contribution in [2.45, 2.75) is 20.0 Å². The Morgan fingerprint density at radius 3 is 2.30 bits per heavy atom. The summed E-state index contributed by atoms with van der Waals surface area (Å²) in [6, 6.07) is 0. The number of hydrogen-bond acceptors (Lipinski definition) is 3. The molecule has 10 heavy (non-hydrogen) atoms. The second-order valence-corrected chi connectivity index (χ2v) is 1.63. The summed E-state index contributed by atoms with van der Waals surface area (Å²) < 4.78 is 25.7. The van der Waals surface area contributed by atoms with E-state index in [0.717, 1.165) is 6.92 Å². The van der Waals surface area contributed by atoms with Crippen molar-refractivity contribution < 1.29 is 23.1 Å². The second-order valence-electron chi connectivity index (χ2n) is 1.63. The molecule has 0 aromatic carbocycles. The molecule has 58 valence electrons. The molecule has 0 rings (SSSR count). The van der Waals surface area contributed by atoms with Crippen LogP contribution in [-0.2, 0) is 14.3 Å². The van der Waals surface area contributed by atoms with Crippen molar-refractivity contribution in [2.24, 2.45) is 0 Å². The van der Waals surface area contributed by atoms with Gasteiger partial charge in [0.05, 0.1) is 0 Å². The predicted molar refractivity (Wildman–Crippen MR) is 27.4 cm³/mol. The third-order valence-corrected chi connectivity index (χ3v) is 0.614. The first-order valence-corrected chi connectivity index (χ1v) is 2.49. The van der Waals surface area contributed by atoms with Gasteiger partial charge in [-0.25, -0.2) is 0 Å². The van der Waals surface area contributed by atoms with Crippen LogP contribution in [0.1, 0.15) is 13.3 Å². The van der Waals surface area contributed by atoms with Crippen LogP contribution in [0, 0.1) is 0 Å². The highest BCUT2D eigenvalue weighted by Gasteiger charge is 2.11. The highest BCUT2D eigenvalue weighted by molar-refractivity contribution is 5.94. The first-order valence-electron chi connectivity index (χ1n) is 2.49. The number of carbonyl (C=O) groups is 2. The average Bonchev–Trinajstić information content (AvgIpc) is 1.58. The molecule has 0 aromatic heterocycles. The van der Waals surface area contributed by atoms with Gasteiger partial charge in [0, 0.05) is 0 Å². The summed E-state index contributed by atoms with van der Waals surface area (Å²) in [4.78, 5) is 20.2. The van der Waals surface area contributed by atoms with Gasteiger partial charge in [-0.05, 0) is 6.92 Å². The van der Waals surface area contributed by atoms with Crippen molar-refractivity contribution >= 4 is 11.8 Å². The van der Waals surface area contributed by atoms with E-state index in [9.17, 15) is 18.4 Å². The minimum absolute atomic E-state index is 0.495. The second kappa shape index (κ2) is 3.92. The van der Waals surface area contributed by atoms with Crippen molar-refractivity contribution in [3.63, 3.8) is 0 Å². The molecule has 0 aliphatic heterocycles. The number of Topliss-reactive ketones (excluding diaryl/α,β-unsaturated/α-hetero) is 1. The molecule has 0 aromatic rings. The van der Waals surface area contributed by atoms with Crippen molar-refractivity contribution in [2.75, 3.05) is 0 Å². The van der Waals surface area contributed by atoms with Crippen LogP contribution in [0.25, 0.3) is 0 Å². The van der Waals surface area contributed by atoms with E-state index in [1.54, 1.807) is 0 Å². The van der Waals surface area contributed by atoms with E-state index in [2.05, 4.69) is 4.74 Å². The average molecular weight is 152 g/mol. The lowest BCUT2D eigenvalue weighted by atomic mass is 10.3. The van der Waals surface area contributed by atoms with E-state index in [1.165, 1.54) is 0 Å². The Morgan fingerprint density at radius 2 is 2.00 bits per heavy atom. The summed E-state index contributed by atoms with van der Waals surface area (Å²) in [5.74, 6) is -1.69. The lowest BCUT2D eigenvalue weighted by molar-refractivity contribution is -0.176. The molecule has 0 atom stereocenters. The molecular weight excluding hydrogens is 146 g/mol. The number of alkyl halides is 2. The predicted octanol–water partition coefficient (Wildman–Crippen LogP) is 0.731. The number of esters is 1. The van der Waals surface area contributed by atoms with Gasteiger partial charge in [-0.1, -0.05) is 0 Å². The van der Waals surface area contributed by atoms with E-state index in [-0.39, 0.29) is 0 Å². The van der Waals surface area contributed by atoms with Crippen LogP contribution in [0.4, 0.5) is 8.78 Å². The number of ketones is 1. The Balaban J connectivity index is 3.54. The van der Waals surface area contributed by atoms with E-state index >= 15 is 0 Å². The zero-order valence-corrected chi connectivity index (χ0v) is 5.27.